The Morgan fingerprint density at radius 2 is 1.00 bits per heavy atom. The minimum atomic E-state index is 0.713. The van der Waals surface area contributed by atoms with Gasteiger partial charge in [0.1, 0.15) is 0 Å². The van der Waals surface area contributed by atoms with Gasteiger partial charge in [0.2, 0.25) is 0 Å². The highest BCUT2D eigenvalue weighted by Crippen LogP contribution is 2.43. The number of para-hydroxylation sites is 1. The van der Waals surface area contributed by atoms with Crippen molar-refractivity contribution in [2.75, 3.05) is 0 Å². The van der Waals surface area contributed by atoms with Crippen molar-refractivity contribution in [2.45, 2.75) is 0 Å². The molecule has 3 heteroatoms. The SMILES string of the molecule is c1ccc(-c2c3ccc(-c4nc(-c5ccc6ccccc6c5)c5ccc6ccccc6c5n4)cc3n3c4ccccc4c4ccccc4c23)cc1. The van der Waals surface area contributed by atoms with Crippen LogP contribution in [0.25, 0.3) is 104 Å². The first-order chi connectivity index (χ1) is 25.3. The van der Waals surface area contributed by atoms with Gasteiger partial charge in [0, 0.05) is 43.6 Å². The standard InChI is InChI=1S/C48H29N3/c1-2-14-32(15-3-1)44-40-26-25-35(29-43(40)51-42-21-11-10-19-38(42)37-18-8-9-20-39(37)47(44)51)48-49-45(34-23-22-30-12-4-5-16-33(30)28-34)41-27-24-31-13-6-7-17-36(31)46(41)50-48/h1-29H. The highest BCUT2D eigenvalue weighted by molar-refractivity contribution is 6.22. The topological polar surface area (TPSA) is 30.2 Å². The van der Waals surface area contributed by atoms with Gasteiger partial charge in [-0.25, -0.2) is 9.97 Å². The van der Waals surface area contributed by atoms with E-state index >= 15 is 0 Å². The zero-order chi connectivity index (χ0) is 33.5. The molecule has 8 aromatic carbocycles. The van der Waals surface area contributed by atoms with E-state index < -0.39 is 0 Å². The van der Waals surface area contributed by atoms with Crippen molar-refractivity contribution in [3.05, 3.63) is 176 Å². The third-order valence-corrected chi connectivity index (χ3v) is 10.5. The molecule has 0 radical (unpaired) electrons. The van der Waals surface area contributed by atoms with Crippen LogP contribution in [0.2, 0.25) is 0 Å². The number of nitrogens with zero attached hydrogens (tertiary/aromatic N) is 3. The summed E-state index contributed by atoms with van der Waals surface area (Å²) < 4.78 is 2.46. The maximum atomic E-state index is 5.40. The van der Waals surface area contributed by atoms with Gasteiger partial charge in [0.25, 0.3) is 0 Å². The van der Waals surface area contributed by atoms with Crippen LogP contribution >= 0.6 is 0 Å². The van der Waals surface area contributed by atoms with E-state index in [1.54, 1.807) is 0 Å². The summed E-state index contributed by atoms with van der Waals surface area (Å²) in [6.07, 6.45) is 0. The first kappa shape index (κ1) is 28.0. The molecule has 0 saturated carbocycles. The largest absolute Gasteiger partial charge is 0.308 e. The molecule has 0 fully saturated rings. The van der Waals surface area contributed by atoms with Crippen molar-refractivity contribution in [1.82, 2.24) is 14.4 Å². The van der Waals surface area contributed by atoms with Crippen LogP contribution in [0.5, 0.6) is 0 Å². The van der Waals surface area contributed by atoms with Gasteiger partial charge in [-0.3, -0.25) is 0 Å². The maximum absolute atomic E-state index is 5.40. The molecule has 0 atom stereocenters. The fourth-order valence-electron chi connectivity index (χ4n) is 8.20. The molecular weight excluding hydrogens is 619 g/mol. The predicted molar refractivity (Wildman–Crippen MR) is 214 cm³/mol. The summed E-state index contributed by atoms with van der Waals surface area (Å²) in [7, 11) is 0. The highest BCUT2D eigenvalue weighted by atomic mass is 14.9. The number of benzene rings is 8. The van der Waals surface area contributed by atoms with Gasteiger partial charge in [-0.2, -0.15) is 0 Å². The van der Waals surface area contributed by atoms with Crippen molar-refractivity contribution in [3.8, 4) is 33.8 Å². The Hall–Kier alpha value is -6.84. The molecular formula is C48H29N3. The van der Waals surface area contributed by atoms with E-state index in [2.05, 4.69) is 180 Å². The van der Waals surface area contributed by atoms with Crippen LogP contribution < -0.4 is 0 Å². The molecule has 11 rings (SSSR count). The quantitative estimate of drug-likeness (QED) is 0.179. The van der Waals surface area contributed by atoms with E-state index in [9.17, 15) is 0 Å². The summed E-state index contributed by atoms with van der Waals surface area (Å²) in [5, 5.41) is 10.7. The zero-order valence-electron chi connectivity index (χ0n) is 27.6. The lowest BCUT2D eigenvalue weighted by atomic mass is 9.98. The minimum absolute atomic E-state index is 0.713. The second-order valence-electron chi connectivity index (χ2n) is 13.4. The summed E-state index contributed by atoms with van der Waals surface area (Å²) in [5.41, 5.74) is 9.92. The first-order valence-electron chi connectivity index (χ1n) is 17.4. The minimum Gasteiger partial charge on any atom is -0.308 e. The van der Waals surface area contributed by atoms with Crippen molar-refractivity contribution in [3.63, 3.8) is 0 Å². The van der Waals surface area contributed by atoms with Crippen molar-refractivity contribution < 1.29 is 0 Å². The van der Waals surface area contributed by atoms with Crippen molar-refractivity contribution >= 4 is 70.5 Å². The second-order valence-corrected chi connectivity index (χ2v) is 13.4. The van der Waals surface area contributed by atoms with Crippen LogP contribution in [-0.4, -0.2) is 14.4 Å². The first-order valence-corrected chi connectivity index (χ1v) is 17.4. The lowest BCUT2D eigenvalue weighted by molar-refractivity contribution is 1.23. The molecule has 0 unspecified atom stereocenters. The average Bonchev–Trinajstić information content (AvgIpc) is 3.55. The fourth-order valence-corrected chi connectivity index (χ4v) is 8.20. The monoisotopic (exact) mass is 647 g/mol. The third kappa shape index (κ3) is 4.19. The van der Waals surface area contributed by atoms with E-state index in [0.29, 0.717) is 5.82 Å². The van der Waals surface area contributed by atoms with Gasteiger partial charge < -0.3 is 4.40 Å². The highest BCUT2D eigenvalue weighted by Gasteiger charge is 2.21. The molecule has 3 heterocycles. The molecule has 0 spiro atoms. The summed E-state index contributed by atoms with van der Waals surface area (Å²) in [6, 6.07) is 63.1. The van der Waals surface area contributed by atoms with Crippen molar-refractivity contribution in [1.29, 1.82) is 0 Å². The molecule has 3 aromatic heterocycles. The third-order valence-electron chi connectivity index (χ3n) is 10.5. The Kier molecular flexibility index (Phi) is 5.96. The molecule has 0 aliphatic rings. The molecule has 0 N–H and O–H groups in total. The van der Waals surface area contributed by atoms with Gasteiger partial charge in [0.15, 0.2) is 5.82 Å². The van der Waals surface area contributed by atoms with Crippen LogP contribution in [0.3, 0.4) is 0 Å². The van der Waals surface area contributed by atoms with Gasteiger partial charge >= 0.3 is 0 Å². The molecule has 0 bridgehead atoms. The van der Waals surface area contributed by atoms with Crippen LogP contribution in [0, 0.1) is 0 Å². The smallest absolute Gasteiger partial charge is 0.160 e. The molecule has 236 valence electrons. The molecule has 11 aromatic rings. The van der Waals surface area contributed by atoms with Crippen molar-refractivity contribution in [2.24, 2.45) is 0 Å². The van der Waals surface area contributed by atoms with Crippen LogP contribution in [0.15, 0.2) is 176 Å². The van der Waals surface area contributed by atoms with Gasteiger partial charge in [-0.05, 0) is 51.4 Å². The Bertz CT molecular complexity index is 3190. The van der Waals surface area contributed by atoms with E-state index in [0.717, 1.165) is 44.0 Å². The van der Waals surface area contributed by atoms with Crippen LogP contribution in [0.4, 0.5) is 0 Å². The normalized spacial score (nSPS) is 11.9. The molecule has 0 aliphatic carbocycles. The van der Waals surface area contributed by atoms with Crippen LogP contribution in [0.1, 0.15) is 0 Å². The number of pyridine rings is 1. The van der Waals surface area contributed by atoms with Gasteiger partial charge in [0.05, 0.1) is 27.8 Å². The molecule has 3 nitrogen and oxygen atoms in total. The summed E-state index contributed by atoms with van der Waals surface area (Å²) in [5.74, 6) is 0.713. The number of aromatic nitrogens is 3. The second kappa shape index (κ2) is 10.8. The lowest BCUT2D eigenvalue weighted by Crippen LogP contribution is -1.96. The Labute approximate surface area is 293 Å². The summed E-state index contributed by atoms with van der Waals surface area (Å²) in [4.78, 5) is 10.8. The van der Waals surface area contributed by atoms with E-state index in [4.69, 9.17) is 9.97 Å². The summed E-state index contributed by atoms with van der Waals surface area (Å²) >= 11 is 0. The Balaban J connectivity index is 1.26. The molecule has 51 heavy (non-hydrogen) atoms. The number of fused-ring (bicyclic) bond motifs is 12. The number of hydrogen-bond donors (Lipinski definition) is 0. The predicted octanol–water partition coefficient (Wildman–Crippen LogP) is 12.6. The number of hydrogen-bond acceptors (Lipinski definition) is 2. The maximum Gasteiger partial charge on any atom is 0.160 e. The fraction of sp³-hybridized carbons (Fsp3) is 0. The molecule has 0 saturated heterocycles. The van der Waals surface area contributed by atoms with E-state index in [1.165, 1.54) is 54.5 Å². The lowest BCUT2D eigenvalue weighted by Gasteiger charge is -2.13. The Morgan fingerprint density at radius 1 is 0.353 bits per heavy atom. The zero-order valence-corrected chi connectivity index (χ0v) is 27.6. The molecule has 0 amide bonds. The average molecular weight is 648 g/mol. The van der Waals surface area contributed by atoms with E-state index in [1.807, 2.05) is 0 Å². The van der Waals surface area contributed by atoms with Crippen LogP contribution in [-0.2, 0) is 0 Å². The Morgan fingerprint density at radius 3 is 1.86 bits per heavy atom. The summed E-state index contributed by atoms with van der Waals surface area (Å²) in [6.45, 7) is 0. The molecule has 0 aliphatic heterocycles. The number of rotatable bonds is 3. The van der Waals surface area contributed by atoms with Gasteiger partial charge in [-0.1, -0.05) is 152 Å². The van der Waals surface area contributed by atoms with Gasteiger partial charge in [-0.15, -0.1) is 0 Å². The van der Waals surface area contributed by atoms with E-state index in [-0.39, 0.29) is 0 Å².